The first-order valence-corrected chi connectivity index (χ1v) is 8.62. The van der Waals surface area contributed by atoms with Crippen LogP contribution in [-0.4, -0.2) is 29.7 Å². The molecule has 0 radical (unpaired) electrons. The molecule has 130 valence electrons. The fourth-order valence-corrected chi connectivity index (χ4v) is 3.67. The average Bonchev–Trinajstić information content (AvgIpc) is 3.15. The Morgan fingerprint density at radius 2 is 2.04 bits per heavy atom. The molecule has 1 aliphatic rings. The Hall–Kier alpha value is -2.19. The van der Waals surface area contributed by atoms with Crippen LogP contribution in [0.15, 0.2) is 42.0 Å². The lowest BCUT2D eigenvalue weighted by atomic mass is 10.1. The molecule has 4 nitrogen and oxygen atoms in total. The smallest absolute Gasteiger partial charge is 0.367 e. The molecule has 2 aromatic heterocycles. The van der Waals surface area contributed by atoms with E-state index in [9.17, 15) is 13.2 Å². The van der Waals surface area contributed by atoms with Gasteiger partial charge in [0.25, 0.3) is 0 Å². The van der Waals surface area contributed by atoms with Gasteiger partial charge in [0.1, 0.15) is 11.1 Å². The molecule has 0 bridgehead atoms. The number of hydrogen-bond acceptors (Lipinski definition) is 5. The maximum Gasteiger partial charge on any atom is 0.416 e. The Balaban J connectivity index is 1.69. The first-order chi connectivity index (χ1) is 12.0. The molecule has 1 unspecified atom stereocenters. The van der Waals surface area contributed by atoms with Crippen LogP contribution in [0.5, 0.6) is 0 Å². The van der Waals surface area contributed by atoms with Crippen molar-refractivity contribution < 1.29 is 17.9 Å². The van der Waals surface area contributed by atoms with Crippen molar-refractivity contribution in [2.75, 3.05) is 24.6 Å². The van der Waals surface area contributed by atoms with Gasteiger partial charge in [-0.3, -0.25) is 4.98 Å². The number of pyridine rings is 1. The van der Waals surface area contributed by atoms with E-state index in [2.05, 4.69) is 14.9 Å². The molecule has 1 fully saturated rings. The Kier molecular flexibility index (Phi) is 4.09. The molecule has 25 heavy (non-hydrogen) atoms. The minimum atomic E-state index is -4.37. The number of nitrogens with zero attached hydrogens (tertiary/aromatic N) is 3. The van der Waals surface area contributed by atoms with Gasteiger partial charge in [-0.2, -0.15) is 13.2 Å². The van der Waals surface area contributed by atoms with E-state index in [-0.39, 0.29) is 6.10 Å². The molecule has 0 amide bonds. The topological polar surface area (TPSA) is 38.2 Å². The molecular formula is C17H14F3N3OS. The van der Waals surface area contributed by atoms with Crippen LogP contribution in [0.3, 0.4) is 0 Å². The highest BCUT2D eigenvalue weighted by molar-refractivity contribution is 7.09. The second-order valence-corrected chi connectivity index (χ2v) is 6.66. The van der Waals surface area contributed by atoms with Crippen molar-refractivity contribution in [1.82, 2.24) is 9.97 Å². The molecule has 8 heteroatoms. The second kappa shape index (κ2) is 6.27. The fourth-order valence-electron chi connectivity index (χ4n) is 3.00. The van der Waals surface area contributed by atoms with E-state index < -0.39 is 11.7 Å². The molecule has 3 aromatic rings. The lowest BCUT2D eigenvalue weighted by Crippen LogP contribution is -2.38. The summed E-state index contributed by atoms with van der Waals surface area (Å²) in [4.78, 5) is 10.5. The minimum Gasteiger partial charge on any atom is -0.367 e. The Morgan fingerprint density at radius 1 is 1.16 bits per heavy atom. The Labute approximate surface area is 145 Å². The standard InChI is InChI=1S/C17H14F3N3OS/c18-17(19,20)11-1-2-12-13(9-11)21-4-3-14(12)23-6-7-24-15(10-23)16-22-5-8-25-16/h1-5,8-9,15H,6-7,10H2. The van der Waals surface area contributed by atoms with Crippen LogP contribution in [-0.2, 0) is 10.9 Å². The number of aromatic nitrogens is 2. The van der Waals surface area contributed by atoms with Gasteiger partial charge < -0.3 is 9.64 Å². The summed E-state index contributed by atoms with van der Waals surface area (Å²) in [5, 5.41) is 3.51. The molecule has 1 atom stereocenters. The lowest BCUT2D eigenvalue weighted by Gasteiger charge is -2.34. The highest BCUT2D eigenvalue weighted by Crippen LogP contribution is 2.35. The number of ether oxygens (including phenoxy) is 1. The van der Waals surface area contributed by atoms with Crippen molar-refractivity contribution in [3.05, 3.63) is 52.6 Å². The van der Waals surface area contributed by atoms with E-state index in [1.54, 1.807) is 12.4 Å². The van der Waals surface area contributed by atoms with Crippen LogP contribution in [0.25, 0.3) is 10.9 Å². The van der Waals surface area contributed by atoms with Gasteiger partial charge in [-0.15, -0.1) is 11.3 Å². The van der Waals surface area contributed by atoms with Gasteiger partial charge in [-0.05, 0) is 18.2 Å². The molecule has 3 heterocycles. The van der Waals surface area contributed by atoms with Crippen molar-refractivity contribution in [2.24, 2.45) is 0 Å². The maximum atomic E-state index is 12.9. The van der Waals surface area contributed by atoms with E-state index in [1.807, 2.05) is 11.4 Å². The zero-order chi connectivity index (χ0) is 17.4. The van der Waals surface area contributed by atoms with Crippen LogP contribution < -0.4 is 4.90 Å². The van der Waals surface area contributed by atoms with Crippen LogP contribution in [0.2, 0.25) is 0 Å². The summed E-state index contributed by atoms with van der Waals surface area (Å²) in [5.41, 5.74) is 0.514. The summed E-state index contributed by atoms with van der Waals surface area (Å²) < 4.78 is 44.5. The molecule has 0 N–H and O–H groups in total. The summed E-state index contributed by atoms with van der Waals surface area (Å²) in [6, 6.07) is 5.53. The largest absolute Gasteiger partial charge is 0.416 e. The van der Waals surface area contributed by atoms with Gasteiger partial charge in [0.15, 0.2) is 0 Å². The molecular weight excluding hydrogens is 351 g/mol. The number of anilines is 1. The number of alkyl halides is 3. The molecule has 0 saturated carbocycles. The van der Waals surface area contributed by atoms with Gasteiger partial charge in [0.2, 0.25) is 0 Å². The monoisotopic (exact) mass is 365 g/mol. The summed E-state index contributed by atoms with van der Waals surface area (Å²) in [5.74, 6) is 0. The molecule has 1 aliphatic heterocycles. The average molecular weight is 365 g/mol. The molecule has 1 aromatic carbocycles. The number of fused-ring (bicyclic) bond motifs is 1. The van der Waals surface area contributed by atoms with Gasteiger partial charge in [0.05, 0.1) is 24.2 Å². The van der Waals surface area contributed by atoms with Crippen LogP contribution in [0.1, 0.15) is 16.7 Å². The van der Waals surface area contributed by atoms with Crippen molar-refractivity contribution >= 4 is 27.9 Å². The van der Waals surface area contributed by atoms with Gasteiger partial charge >= 0.3 is 6.18 Å². The third-order valence-corrected chi connectivity index (χ3v) is 5.05. The summed E-state index contributed by atoms with van der Waals surface area (Å²) >= 11 is 1.53. The normalized spacial score (nSPS) is 18.7. The van der Waals surface area contributed by atoms with Crippen molar-refractivity contribution in [3.63, 3.8) is 0 Å². The SMILES string of the molecule is FC(F)(F)c1ccc2c(N3CCOC(c4nccs4)C3)ccnc2c1. The summed E-state index contributed by atoms with van der Waals surface area (Å²) in [6.45, 7) is 1.81. The van der Waals surface area contributed by atoms with Gasteiger partial charge in [-0.1, -0.05) is 6.07 Å². The molecule has 0 spiro atoms. The number of thiazole rings is 1. The fraction of sp³-hybridized carbons (Fsp3) is 0.294. The molecule has 4 rings (SSSR count). The van der Waals surface area contributed by atoms with Crippen LogP contribution in [0.4, 0.5) is 18.9 Å². The van der Waals surface area contributed by atoms with Gasteiger partial charge in [0, 0.05) is 35.4 Å². The second-order valence-electron chi connectivity index (χ2n) is 5.74. The van der Waals surface area contributed by atoms with Crippen LogP contribution >= 0.6 is 11.3 Å². The van der Waals surface area contributed by atoms with Crippen molar-refractivity contribution in [1.29, 1.82) is 0 Å². The predicted octanol–water partition coefficient (Wildman–Crippen LogP) is 4.29. The zero-order valence-electron chi connectivity index (χ0n) is 13.0. The summed E-state index contributed by atoms with van der Waals surface area (Å²) in [7, 11) is 0. The van der Waals surface area contributed by atoms with E-state index >= 15 is 0 Å². The number of morpholine rings is 1. The summed E-state index contributed by atoms with van der Waals surface area (Å²) in [6.07, 6.45) is -1.22. The Bertz CT molecular complexity index is 882. The van der Waals surface area contributed by atoms with Crippen molar-refractivity contribution in [2.45, 2.75) is 12.3 Å². The third-order valence-electron chi connectivity index (χ3n) is 4.18. The first-order valence-electron chi connectivity index (χ1n) is 7.74. The molecule has 0 aliphatic carbocycles. The zero-order valence-corrected chi connectivity index (χ0v) is 13.8. The Morgan fingerprint density at radius 3 is 2.80 bits per heavy atom. The van der Waals surface area contributed by atoms with E-state index in [1.165, 1.54) is 17.4 Å². The van der Waals surface area contributed by atoms with E-state index in [0.29, 0.717) is 30.6 Å². The van der Waals surface area contributed by atoms with Crippen molar-refractivity contribution in [3.8, 4) is 0 Å². The quantitative estimate of drug-likeness (QED) is 0.679. The highest BCUT2D eigenvalue weighted by Gasteiger charge is 2.31. The molecule has 1 saturated heterocycles. The lowest BCUT2D eigenvalue weighted by molar-refractivity contribution is -0.137. The predicted molar refractivity (Wildman–Crippen MR) is 89.8 cm³/mol. The number of hydrogen-bond donors (Lipinski definition) is 0. The highest BCUT2D eigenvalue weighted by atomic mass is 32.1. The third kappa shape index (κ3) is 3.19. The minimum absolute atomic E-state index is 0.133. The number of benzene rings is 1. The van der Waals surface area contributed by atoms with E-state index in [4.69, 9.17) is 4.74 Å². The number of rotatable bonds is 2. The van der Waals surface area contributed by atoms with E-state index in [0.717, 1.165) is 22.8 Å². The van der Waals surface area contributed by atoms with Gasteiger partial charge in [-0.25, -0.2) is 4.98 Å². The van der Waals surface area contributed by atoms with Crippen LogP contribution in [0, 0.1) is 0 Å². The first kappa shape index (κ1) is 16.3. The number of halogens is 3. The maximum absolute atomic E-state index is 12.9.